The maximum Gasteiger partial charge on any atom is 0.289 e. The number of piperazine rings is 1. The van der Waals surface area contributed by atoms with E-state index in [0.717, 1.165) is 31.8 Å². The number of hydrogen-bond acceptors (Lipinski definition) is 6. The third-order valence-electron chi connectivity index (χ3n) is 6.50. The van der Waals surface area contributed by atoms with Gasteiger partial charge in [-0.3, -0.25) is 9.69 Å². The fourth-order valence-electron chi connectivity index (χ4n) is 4.86. The molecule has 1 saturated heterocycles. The number of aromatic nitrogens is 4. The topological polar surface area (TPSA) is 80.3 Å². The Morgan fingerprint density at radius 1 is 0.969 bits per heavy atom. The summed E-state index contributed by atoms with van der Waals surface area (Å²) in [6.07, 6.45) is 7.55. The van der Waals surface area contributed by atoms with Crippen molar-refractivity contribution in [2.45, 2.75) is 44.2 Å². The van der Waals surface area contributed by atoms with Gasteiger partial charge in [-0.25, -0.2) is 4.68 Å². The fourth-order valence-corrected chi connectivity index (χ4v) is 4.86. The molecule has 9 heteroatoms. The van der Waals surface area contributed by atoms with Crippen LogP contribution in [-0.4, -0.2) is 62.1 Å². The minimum absolute atomic E-state index is 0. The number of carbonyl (C=O) groups is 1. The highest BCUT2D eigenvalue weighted by Crippen LogP contribution is 2.33. The first-order chi connectivity index (χ1) is 15.3. The van der Waals surface area contributed by atoms with Crippen LogP contribution < -0.4 is 0 Å². The highest BCUT2D eigenvalue weighted by atomic mass is 35.5. The number of amides is 1. The van der Waals surface area contributed by atoms with Crippen LogP contribution in [0.25, 0.3) is 0 Å². The summed E-state index contributed by atoms with van der Waals surface area (Å²) in [5.41, 5.74) is 1.18. The lowest BCUT2D eigenvalue weighted by atomic mass is 9.95. The van der Waals surface area contributed by atoms with Gasteiger partial charge < -0.3 is 9.32 Å². The predicted octanol–water partition coefficient (Wildman–Crippen LogP) is 3.74. The number of nitrogens with zero attached hydrogens (tertiary/aromatic N) is 6. The van der Waals surface area contributed by atoms with E-state index < -0.39 is 0 Å². The zero-order chi connectivity index (χ0) is 21.0. The fraction of sp³-hybridized carbons (Fsp3) is 0.478. The summed E-state index contributed by atoms with van der Waals surface area (Å²) < 4.78 is 7.37. The average Bonchev–Trinajstić information content (AvgIpc) is 3.54. The molecule has 5 rings (SSSR count). The molecule has 1 unspecified atom stereocenters. The van der Waals surface area contributed by atoms with Crippen LogP contribution in [0.2, 0.25) is 0 Å². The Morgan fingerprint density at radius 3 is 2.41 bits per heavy atom. The molecule has 0 bridgehead atoms. The van der Waals surface area contributed by atoms with Crippen molar-refractivity contribution in [3.8, 4) is 0 Å². The summed E-state index contributed by atoms with van der Waals surface area (Å²) in [6, 6.07) is 14.3. The van der Waals surface area contributed by atoms with Crippen molar-refractivity contribution in [3.05, 3.63) is 65.9 Å². The number of benzene rings is 1. The Hall–Kier alpha value is -2.71. The molecule has 1 saturated carbocycles. The summed E-state index contributed by atoms with van der Waals surface area (Å²) in [5.74, 6) is 1.26. The van der Waals surface area contributed by atoms with Gasteiger partial charge in [-0.05, 0) is 41.0 Å². The molecule has 2 aromatic heterocycles. The van der Waals surface area contributed by atoms with Crippen molar-refractivity contribution in [2.24, 2.45) is 0 Å². The molecular formula is C23H29ClN6O2. The number of carbonyl (C=O) groups excluding carboxylic acids is 1. The van der Waals surface area contributed by atoms with Crippen LogP contribution in [-0.2, 0) is 0 Å². The molecule has 8 nitrogen and oxygen atoms in total. The van der Waals surface area contributed by atoms with Gasteiger partial charge in [0.05, 0.1) is 18.3 Å². The molecule has 2 aliphatic rings. The molecular weight excluding hydrogens is 428 g/mol. The van der Waals surface area contributed by atoms with E-state index in [4.69, 9.17) is 4.42 Å². The Balaban J connectivity index is 0.00000245. The van der Waals surface area contributed by atoms with Crippen molar-refractivity contribution in [2.75, 3.05) is 26.2 Å². The quantitative estimate of drug-likeness (QED) is 0.581. The van der Waals surface area contributed by atoms with Crippen LogP contribution in [0.1, 0.15) is 66.1 Å². The molecule has 1 atom stereocenters. The lowest BCUT2D eigenvalue weighted by Gasteiger charge is -2.39. The van der Waals surface area contributed by atoms with Gasteiger partial charge in [0.25, 0.3) is 5.91 Å². The zero-order valence-electron chi connectivity index (χ0n) is 18.0. The van der Waals surface area contributed by atoms with E-state index in [0.29, 0.717) is 24.9 Å². The maximum atomic E-state index is 12.7. The second-order valence-electron chi connectivity index (χ2n) is 8.39. The van der Waals surface area contributed by atoms with Crippen molar-refractivity contribution < 1.29 is 9.21 Å². The molecule has 3 heterocycles. The number of hydrogen-bond donors (Lipinski definition) is 0. The first kappa shape index (κ1) is 22.5. The van der Waals surface area contributed by atoms with Gasteiger partial charge in [0.2, 0.25) is 0 Å². The van der Waals surface area contributed by atoms with E-state index in [1.54, 1.807) is 18.4 Å². The summed E-state index contributed by atoms with van der Waals surface area (Å²) in [5, 5.41) is 13.0. The minimum Gasteiger partial charge on any atom is -0.459 e. The number of tetrazole rings is 1. The van der Waals surface area contributed by atoms with Crippen LogP contribution >= 0.6 is 12.4 Å². The first-order valence-electron chi connectivity index (χ1n) is 11.2. The van der Waals surface area contributed by atoms with Crippen LogP contribution in [0, 0.1) is 0 Å². The van der Waals surface area contributed by atoms with Crippen LogP contribution in [0.5, 0.6) is 0 Å². The molecule has 0 radical (unpaired) electrons. The van der Waals surface area contributed by atoms with E-state index in [2.05, 4.69) is 49.4 Å². The SMILES string of the molecule is Cl.O=C(c1ccco1)N1CCN(C(c2ccccc2)c2nnnn2C2CCCCC2)CC1. The van der Waals surface area contributed by atoms with Gasteiger partial charge in [-0.2, -0.15) is 0 Å². The Morgan fingerprint density at radius 2 is 1.72 bits per heavy atom. The molecule has 2 fully saturated rings. The van der Waals surface area contributed by atoms with Crippen LogP contribution in [0.15, 0.2) is 53.1 Å². The van der Waals surface area contributed by atoms with Crippen molar-refractivity contribution in [1.29, 1.82) is 0 Å². The van der Waals surface area contributed by atoms with Crippen molar-refractivity contribution in [3.63, 3.8) is 0 Å². The third kappa shape index (κ3) is 4.56. The summed E-state index contributed by atoms with van der Waals surface area (Å²) >= 11 is 0. The van der Waals surface area contributed by atoms with Gasteiger partial charge in [0, 0.05) is 26.2 Å². The monoisotopic (exact) mass is 456 g/mol. The van der Waals surface area contributed by atoms with Crippen molar-refractivity contribution >= 4 is 18.3 Å². The summed E-state index contributed by atoms with van der Waals surface area (Å²) in [6.45, 7) is 2.80. The van der Waals surface area contributed by atoms with Gasteiger partial charge >= 0.3 is 0 Å². The second-order valence-corrected chi connectivity index (χ2v) is 8.39. The standard InChI is InChI=1S/C23H28N6O2.ClH/c30-23(20-12-7-17-31-20)28-15-13-27(14-16-28)21(18-8-3-1-4-9-18)22-24-25-26-29(22)19-10-5-2-6-11-19;/h1,3-4,7-9,12,17,19,21H,2,5-6,10-11,13-16H2;1H. The van der Waals surface area contributed by atoms with Crippen LogP contribution in [0.4, 0.5) is 0 Å². The molecule has 0 spiro atoms. The van der Waals surface area contributed by atoms with Gasteiger partial charge in [-0.1, -0.05) is 49.6 Å². The Bertz CT molecular complexity index is 979. The number of furan rings is 1. The van der Waals surface area contributed by atoms with Crippen LogP contribution in [0.3, 0.4) is 0 Å². The van der Waals surface area contributed by atoms with E-state index in [1.807, 2.05) is 11.0 Å². The number of rotatable bonds is 5. The highest BCUT2D eigenvalue weighted by Gasteiger charge is 2.33. The molecule has 1 aliphatic carbocycles. The second kappa shape index (κ2) is 10.3. The van der Waals surface area contributed by atoms with Gasteiger partial charge in [-0.15, -0.1) is 17.5 Å². The van der Waals surface area contributed by atoms with E-state index in [9.17, 15) is 4.79 Å². The van der Waals surface area contributed by atoms with Gasteiger partial charge in [0.15, 0.2) is 11.6 Å². The predicted molar refractivity (Wildman–Crippen MR) is 122 cm³/mol. The van der Waals surface area contributed by atoms with E-state index in [1.165, 1.54) is 24.8 Å². The molecule has 32 heavy (non-hydrogen) atoms. The normalized spacial score (nSPS) is 18.8. The lowest BCUT2D eigenvalue weighted by Crippen LogP contribution is -2.50. The molecule has 1 aliphatic heterocycles. The summed E-state index contributed by atoms with van der Waals surface area (Å²) in [4.78, 5) is 16.9. The lowest BCUT2D eigenvalue weighted by molar-refractivity contribution is 0.0557. The first-order valence-corrected chi connectivity index (χ1v) is 11.2. The molecule has 170 valence electrons. The molecule has 1 aromatic carbocycles. The van der Waals surface area contributed by atoms with E-state index >= 15 is 0 Å². The van der Waals surface area contributed by atoms with Crippen molar-refractivity contribution in [1.82, 2.24) is 30.0 Å². The summed E-state index contributed by atoms with van der Waals surface area (Å²) in [7, 11) is 0. The third-order valence-corrected chi connectivity index (χ3v) is 6.50. The maximum absolute atomic E-state index is 12.7. The van der Waals surface area contributed by atoms with Gasteiger partial charge in [0.1, 0.15) is 0 Å². The van der Waals surface area contributed by atoms with E-state index in [-0.39, 0.29) is 24.4 Å². The molecule has 3 aromatic rings. The largest absolute Gasteiger partial charge is 0.459 e. The minimum atomic E-state index is -0.0482. The molecule has 1 amide bonds. The highest BCUT2D eigenvalue weighted by molar-refractivity contribution is 5.91. The Labute approximate surface area is 194 Å². The smallest absolute Gasteiger partial charge is 0.289 e. The average molecular weight is 457 g/mol. The number of halogens is 1. The zero-order valence-corrected chi connectivity index (χ0v) is 18.9. The molecule has 0 N–H and O–H groups in total. The Kier molecular flexibility index (Phi) is 7.22.